The molecule has 11 heteroatoms. The molecule has 27 heavy (non-hydrogen) atoms. The molecular formula is C16H9Cl2F3N2O3S. The van der Waals surface area contributed by atoms with Gasteiger partial charge in [0.2, 0.25) is 5.88 Å². The van der Waals surface area contributed by atoms with E-state index in [1.807, 2.05) is 0 Å². The van der Waals surface area contributed by atoms with E-state index in [-0.39, 0.29) is 27.1 Å². The fourth-order valence-corrected chi connectivity index (χ4v) is 3.40. The maximum atomic E-state index is 14.4. The summed E-state index contributed by atoms with van der Waals surface area (Å²) in [5.74, 6) is -1.12. The number of hydrogen-bond donors (Lipinski definition) is 0. The lowest BCUT2D eigenvalue weighted by molar-refractivity contribution is -0.0552. The smallest absolute Gasteiger partial charge is 0.388 e. The molecule has 0 saturated heterocycles. The summed E-state index contributed by atoms with van der Waals surface area (Å²) in [7, 11) is 1.32. The van der Waals surface area contributed by atoms with Crippen molar-refractivity contribution in [3.05, 3.63) is 45.0 Å². The van der Waals surface area contributed by atoms with Crippen molar-refractivity contribution >= 4 is 40.8 Å². The van der Waals surface area contributed by atoms with Crippen LogP contribution >= 0.6 is 34.5 Å². The van der Waals surface area contributed by atoms with Crippen LogP contribution in [0.4, 0.5) is 13.2 Å². The predicted molar refractivity (Wildman–Crippen MR) is 95.0 cm³/mol. The third-order valence-corrected chi connectivity index (χ3v) is 4.87. The second-order valence-electron chi connectivity index (χ2n) is 5.11. The molecule has 5 nitrogen and oxygen atoms in total. The van der Waals surface area contributed by atoms with Crippen LogP contribution in [0.5, 0.6) is 16.7 Å². The largest absolute Gasteiger partial charge is 0.445 e. The molecule has 142 valence electrons. The molecule has 2 aromatic heterocycles. The van der Waals surface area contributed by atoms with E-state index >= 15 is 0 Å². The summed E-state index contributed by atoms with van der Waals surface area (Å²) in [6, 6.07) is 5.32. The van der Waals surface area contributed by atoms with E-state index < -0.39 is 18.3 Å². The lowest BCUT2D eigenvalue weighted by Crippen LogP contribution is -2.06. The highest BCUT2D eigenvalue weighted by atomic mass is 35.5. The first-order valence-corrected chi connectivity index (χ1v) is 8.77. The molecule has 0 spiro atoms. The molecule has 0 aliphatic heterocycles. The molecule has 1 aromatic carbocycles. The molecule has 3 rings (SSSR count). The first-order chi connectivity index (χ1) is 12.8. The van der Waals surface area contributed by atoms with Crippen LogP contribution in [-0.2, 0) is 7.05 Å². The van der Waals surface area contributed by atoms with Crippen LogP contribution < -0.4 is 9.47 Å². The summed E-state index contributed by atoms with van der Waals surface area (Å²) < 4.78 is 50.3. The highest BCUT2D eigenvalue weighted by Gasteiger charge is 2.23. The Balaban J connectivity index is 2.02. The van der Waals surface area contributed by atoms with Crippen molar-refractivity contribution in [3.8, 4) is 28.0 Å². The summed E-state index contributed by atoms with van der Waals surface area (Å²) in [6.45, 7) is -3.12. The molecule has 0 saturated carbocycles. The van der Waals surface area contributed by atoms with E-state index in [2.05, 4.69) is 9.84 Å². The lowest BCUT2D eigenvalue weighted by Gasteiger charge is -2.08. The van der Waals surface area contributed by atoms with Crippen LogP contribution in [0.25, 0.3) is 11.3 Å². The number of thiophene rings is 1. The number of alkyl halides is 2. The molecule has 0 amide bonds. The number of carbonyl (C=O) groups is 1. The Bertz CT molecular complexity index is 1010. The molecule has 0 N–H and O–H groups in total. The van der Waals surface area contributed by atoms with Crippen molar-refractivity contribution < 1.29 is 27.4 Å². The summed E-state index contributed by atoms with van der Waals surface area (Å²) in [5.41, 5.74) is -0.236. The monoisotopic (exact) mass is 436 g/mol. The van der Waals surface area contributed by atoms with Crippen LogP contribution in [-0.4, -0.2) is 22.7 Å². The van der Waals surface area contributed by atoms with E-state index in [4.69, 9.17) is 27.9 Å². The first-order valence-electron chi connectivity index (χ1n) is 7.19. The highest BCUT2D eigenvalue weighted by molar-refractivity contribution is 7.15. The van der Waals surface area contributed by atoms with Crippen molar-refractivity contribution in [3.63, 3.8) is 0 Å². The minimum absolute atomic E-state index is 0.0339. The average molecular weight is 437 g/mol. The number of nitrogens with zero attached hydrogens (tertiary/aromatic N) is 2. The molecule has 2 heterocycles. The first kappa shape index (κ1) is 19.5. The Morgan fingerprint density at radius 2 is 2.04 bits per heavy atom. The van der Waals surface area contributed by atoms with Gasteiger partial charge in [0.25, 0.3) is 0 Å². The second kappa shape index (κ2) is 7.79. The fraction of sp³-hybridized carbons (Fsp3) is 0.125. The Hall–Kier alpha value is -2.23. The van der Waals surface area contributed by atoms with Crippen LogP contribution in [0.15, 0.2) is 24.3 Å². The van der Waals surface area contributed by atoms with Gasteiger partial charge in [-0.2, -0.15) is 13.9 Å². The molecule has 0 radical (unpaired) electrons. The van der Waals surface area contributed by atoms with Crippen LogP contribution in [0.3, 0.4) is 0 Å². The van der Waals surface area contributed by atoms with Crippen molar-refractivity contribution in [2.45, 2.75) is 6.61 Å². The molecule has 3 aromatic rings. The van der Waals surface area contributed by atoms with Crippen LogP contribution in [0, 0.1) is 5.82 Å². The van der Waals surface area contributed by atoms with E-state index in [9.17, 15) is 18.0 Å². The normalized spacial score (nSPS) is 11.1. The Labute approximate surface area is 164 Å². The molecule has 0 aliphatic carbocycles. The van der Waals surface area contributed by atoms with E-state index in [1.165, 1.54) is 13.1 Å². The Morgan fingerprint density at radius 3 is 2.67 bits per heavy atom. The van der Waals surface area contributed by atoms with Gasteiger partial charge in [0, 0.05) is 12.6 Å². The Morgan fingerprint density at radius 1 is 1.30 bits per heavy atom. The molecule has 0 unspecified atom stereocenters. The maximum Gasteiger partial charge on any atom is 0.388 e. The van der Waals surface area contributed by atoms with E-state index in [0.29, 0.717) is 16.2 Å². The van der Waals surface area contributed by atoms with Gasteiger partial charge in [-0.15, -0.1) is 0 Å². The second-order valence-corrected chi connectivity index (χ2v) is 6.97. The molecular weight excluding hydrogens is 428 g/mol. The van der Waals surface area contributed by atoms with E-state index in [0.717, 1.165) is 22.1 Å². The number of hydrogen-bond acceptors (Lipinski definition) is 5. The number of aromatic nitrogens is 2. The molecule has 0 atom stereocenters. The van der Waals surface area contributed by atoms with Gasteiger partial charge in [-0.1, -0.05) is 34.5 Å². The lowest BCUT2D eigenvalue weighted by atomic mass is 10.1. The molecule has 0 aliphatic rings. The zero-order valence-corrected chi connectivity index (χ0v) is 15.7. The van der Waals surface area contributed by atoms with Crippen LogP contribution in [0.1, 0.15) is 9.67 Å². The fourth-order valence-electron chi connectivity index (χ4n) is 2.22. The molecule has 0 bridgehead atoms. The number of aryl methyl sites for hydroxylation is 1. The standard InChI is InChI=1S/C16H9Cl2F3N2O3S/c1-23-15(26-16(20)21)13(18)14(22-23)8-4-11(9(17)5-10(8)19)25-12-3-2-7(6-24)27-12/h2-6,16H,1H3. The third-order valence-electron chi connectivity index (χ3n) is 3.35. The van der Waals surface area contributed by atoms with Gasteiger partial charge in [0.15, 0.2) is 11.3 Å². The van der Waals surface area contributed by atoms with Gasteiger partial charge in [0.05, 0.1) is 9.90 Å². The summed E-state index contributed by atoms with van der Waals surface area (Å²) in [5, 5.41) is 3.96. The van der Waals surface area contributed by atoms with Crippen molar-refractivity contribution in [2.24, 2.45) is 7.05 Å². The molecule has 0 fully saturated rings. The van der Waals surface area contributed by atoms with Gasteiger partial charge < -0.3 is 9.47 Å². The van der Waals surface area contributed by atoms with Crippen LogP contribution in [0.2, 0.25) is 10.0 Å². The number of aldehydes is 1. The summed E-state index contributed by atoms with van der Waals surface area (Å²) in [6.07, 6.45) is 0.660. The summed E-state index contributed by atoms with van der Waals surface area (Å²) in [4.78, 5) is 11.2. The van der Waals surface area contributed by atoms with E-state index in [1.54, 1.807) is 12.1 Å². The number of carbonyl (C=O) groups excluding carboxylic acids is 1. The zero-order chi connectivity index (χ0) is 19.7. The minimum atomic E-state index is -3.12. The van der Waals surface area contributed by atoms with Gasteiger partial charge in [-0.05, 0) is 24.3 Å². The number of rotatable bonds is 6. The highest BCUT2D eigenvalue weighted by Crippen LogP contribution is 2.41. The summed E-state index contributed by atoms with van der Waals surface area (Å²) >= 11 is 13.1. The van der Waals surface area contributed by atoms with Gasteiger partial charge in [-0.25, -0.2) is 9.07 Å². The average Bonchev–Trinajstić information content (AvgIpc) is 3.16. The van der Waals surface area contributed by atoms with Gasteiger partial charge >= 0.3 is 6.61 Å². The third kappa shape index (κ3) is 4.05. The topological polar surface area (TPSA) is 53.4 Å². The van der Waals surface area contributed by atoms with Crippen molar-refractivity contribution in [1.82, 2.24) is 9.78 Å². The zero-order valence-electron chi connectivity index (χ0n) is 13.4. The van der Waals surface area contributed by atoms with Gasteiger partial charge in [0.1, 0.15) is 22.3 Å². The maximum absolute atomic E-state index is 14.4. The SMILES string of the molecule is Cn1nc(-c2cc(Oc3ccc(C=O)s3)c(Cl)cc2F)c(Cl)c1OC(F)F. The quantitative estimate of drug-likeness (QED) is 0.458. The number of halogens is 5. The van der Waals surface area contributed by atoms with Crippen molar-refractivity contribution in [1.29, 1.82) is 0 Å². The van der Waals surface area contributed by atoms with Gasteiger partial charge in [-0.3, -0.25) is 4.79 Å². The Kier molecular flexibility index (Phi) is 5.64. The number of benzene rings is 1. The minimum Gasteiger partial charge on any atom is -0.445 e. The predicted octanol–water partition coefficient (Wildman–Crippen LogP) is 5.80. The number of ether oxygens (including phenoxy) is 2. The van der Waals surface area contributed by atoms with Crippen molar-refractivity contribution in [2.75, 3.05) is 0 Å².